The molecule has 12 heavy (non-hydrogen) atoms. The summed E-state index contributed by atoms with van der Waals surface area (Å²) in [6.07, 6.45) is 0. The second-order valence-electron chi connectivity index (χ2n) is 2.64. The van der Waals surface area contributed by atoms with Crippen LogP contribution in [0.15, 0.2) is 27.3 Å². The van der Waals surface area contributed by atoms with Crippen LogP contribution in [0.4, 0.5) is 0 Å². The summed E-state index contributed by atoms with van der Waals surface area (Å²) in [7, 11) is 0. The number of furan rings is 1. The van der Waals surface area contributed by atoms with Crippen LogP contribution in [0.25, 0.3) is 11.0 Å². The number of aryl methyl sites for hydroxylation is 1. The first-order valence-corrected chi connectivity index (χ1v) is 4.70. The molecule has 0 aliphatic heterocycles. The fourth-order valence-electron chi connectivity index (χ4n) is 1.17. The van der Waals surface area contributed by atoms with Crippen LogP contribution in [0.2, 0.25) is 5.02 Å². The van der Waals surface area contributed by atoms with Crippen molar-refractivity contribution in [1.29, 1.82) is 0 Å². The Morgan fingerprint density at radius 1 is 1.42 bits per heavy atom. The molecule has 0 atom stereocenters. The van der Waals surface area contributed by atoms with Gasteiger partial charge in [0.25, 0.3) is 0 Å². The highest BCUT2D eigenvalue weighted by molar-refractivity contribution is 9.10. The van der Waals surface area contributed by atoms with Crippen molar-refractivity contribution in [2.75, 3.05) is 0 Å². The zero-order valence-electron chi connectivity index (χ0n) is 6.40. The quantitative estimate of drug-likeness (QED) is 0.679. The van der Waals surface area contributed by atoms with Crippen LogP contribution >= 0.6 is 27.5 Å². The van der Waals surface area contributed by atoms with Gasteiger partial charge < -0.3 is 4.42 Å². The summed E-state index contributed by atoms with van der Waals surface area (Å²) < 4.78 is 6.19. The van der Waals surface area contributed by atoms with Crippen molar-refractivity contribution < 1.29 is 4.42 Å². The second kappa shape index (κ2) is 2.79. The van der Waals surface area contributed by atoms with Gasteiger partial charge in [-0.25, -0.2) is 0 Å². The molecule has 0 N–H and O–H groups in total. The van der Waals surface area contributed by atoms with Gasteiger partial charge in [0.2, 0.25) is 0 Å². The molecular weight excluding hydrogens is 239 g/mol. The first-order chi connectivity index (χ1) is 5.68. The number of fused-ring (bicyclic) bond motifs is 1. The molecule has 0 bridgehead atoms. The molecule has 1 heterocycles. The van der Waals surface area contributed by atoms with Crippen molar-refractivity contribution >= 4 is 38.5 Å². The van der Waals surface area contributed by atoms with Crippen molar-refractivity contribution in [3.63, 3.8) is 0 Å². The largest absolute Gasteiger partial charge is 0.449 e. The molecule has 0 fully saturated rings. The maximum absolute atomic E-state index is 5.80. The Hall–Kier alpha value is -0.470. The second-order valence-corrected chi connectivity index (χ2v) is 3.80. The molecule has 0 radical (unpaired) electrons. The monoisotopic (exact) mass is 244 g/mol. The van der Waals surface area contributed by atoms with E-state index in [1.54, 1.807) is 0 Å². The van der Waals surface area contributed by atoms with Crippen molar-refractivity contribution in [3.8, 4) is 0 Å². The zero-order chi connectivity index (χ0) is 8.72. The van der Waals surface area contributed by atoms with Crippen molar-refractivity contribution in [1.82, 2.24) is 0 Å². The Morgan fingerprint density at radius 2 is 2.17 bits per heavy atom. The van der Waals surface area contributed by atoms with Gasteiger partial charge in [0.05, 0.1) is 0 Å². The number of halogens is 2. The zero-order valence-corrected chi connectivity index (χ0v) is 8.74. The summed E-state index contributed by atoms with van der Waals surface area (Å²) in [6.45, 7) is 2.00. The molecule has 1 aromatic heterocycles. The SMILES string of the molecule is Cc1c(Br)oc2cc(Cl)ccc12. The average Bonchev–Trinajstić information content (AvgIpc) is 2.28. The van der Waals surface area contributed by atoms with Gasteiger partial charge in [-0.1, -0.05) is 11.6 Å². The molecule has 2 aromatic rings. The highest BCUT2D eigenvalue weighted by Gasteiger charge is 2.07. The fraction of sp³-hybridized carbons (Fsp3) is 0.111. The molecule has 0 aliphatic rings. The van der Waals surface area contributed by atoms with Crippen LogP contribution < -0.4 is 0 Å². The first-order valence-electron chi connectivity index (χ1n) is 3.52. The lowest BCUT2D eigenvalue weighted by Crippen LogP contribution is -1.67. The molecule has 0 spiro atoms. The Labute approximate surface area is 83.4 Å². The van der Waals surface area contributed by atoms with Crippen LogP contribution in [-0.2, 0) is 0 Å². The lowest BCUT2D eigenvalue weighted by molar-refractivity contribution is 0.584. The number of rotatable bonds is 0. The maximum Gasteiger partial charge on any atom is 0.173 e. The molecule has 2 rings (SSSR count). The third kappa shape index (κ3) is 1.15. The first kappa shape index (κ1) is 8.14. The van der Waals surface area contributed by atoms with Gasteiger partial charge in [-0.05, 0) is 35.0 Å². The topological polar surface area (TPSA) is 13.1 Å². The third-order valence-corrected chi connectivity index (χ3v) is 2.83. The minimum atomic E-state index is 0.698. The van der Waals surface area contributed by atoms with Gasteiger partial charge >= 0.3 is 0 Å². The van der Waals surface area contributed by atoms with Gasteiger partial charge in [-0.15, -0.1) is 0 Å². The van der Waals surface area contributed by atoms with Gasteiger partial charge in [0.1, 0.15) is 5.58 Å². The van der Waals surface area contributed by atoms with E-state index < -0.39 is 0 Å². The summed E-state index contributed by atoms with van der Waals surface area (Å²) >= 11 is 9.13. The molecule has 0 saturated carbocycles. The molecule has 1 aromatic carbocycles. The van der Waals surface area contributed by atoms with E-state index in [4.69, 9.17) is 16.0 Å². The van der Waals surface area contributed by atoms with Crippen LogP contribution in [0.1, 0.15) is 5.56 Å². The predicted molar refractivity (Wildman–Crippen MR) is 53.7 cm³/mol. The van der Waals surface area contributed by atoms with E-state index in [-0.39, 0.29) is 0 Å². The lowest BCUT2D eigenvalue weighted by Gasteiger charge is -1.89. The van der Waals surface area contributed by atoms with E-state index in [9.17, 15) is 0 Å². The average molecular weight is 246 g/mol. The molecule has 0 saturated heterocycles. The molecule has 0 aliphatic carbocycles. The maximum atomic E-state index is 5.80. The van der Waals surface area contributed by atoms with E-state index >= 15 is 0 Å². The summed E-state index contributed by atoms with van der Waals surface area (Å²) in [5.41, 5.74) is 1.94. The molecule has 0 amide bonds. The number of hydrogen-bond acceptors (Lipinski definition) is 1. The molecular formula is C9H6BrClO. The van der Waals surface area contributed by atoms with Gasteiger partial charge in [0, 0.05) is 22.0 Å². The van der Waals surface area contributed by atoms with Crippen LogP contribution in [0.5, 0.6) is 0 Å². The van der Waals surface area contributed by atoms with Crippen molar-refractivity contribution in [3.05, 3.63) is 33.5 Å². The van der Waals surface area contributed by atoms with E-state index in [0.29, 0.717) is 5.02 Å². The predicted octanol–water partition coefficient (Wildman–Crippen LogP) is 4.16. The van der Waals surface area contributed by atoms with Crippen LogP contribution in [-0.4, -0.2) is 0 Å². The Balaban J connectivity index is 2.87. The van der Waals surface area contributed by atoms with Gasteiger partial charge in [-0.3, -0.25) is 0 Å². The molecule has 0 unspecified atom stereocenters. The van der Waals surface area contributed by atoms with E-state index in [1.165, 1.54) is 0 Å². The van der Waals surface area contributed by atoms with Crippen molar-refractivity contribution in [2.24, 2.45) is 0 Å². The van der Waals surface area contributed by atoms with Crippen molar-refractivity contribution in [2.45, 2.75) is 6.92 Å². The Bertz CT molecular complexity index is 433. The number of benzene rings is 1. The smallest absolute Gasteiger partial charge is 0.173 e. The standard InChI is InChI=1S/C9H6BrClO/c1-5-7-3-2-6(11)4-8(7)12-9(5)10/h2-4H,1H3. The molecule has 1 nitrogen and oxygen atoms in total. The van der Waals surface area contributed by atoms with Gasteiger partial charge in [-0.2, -0.15) is 0 Å². The minimum absolute atomic E-state index is 0.698. The highest BCUT2D eigenvalue weighted by Crippen LogP contribution is 2.30. The third-order valence-electron chi connectivity index (χ3n) is 1.84. The van der Waals surface area contributed by atoms with Gasteiger partial charge in [0.15, 0.2) is 4.67 Å². The van der Waals surface area contributed by atoms with E-state index in [2.05, 4.69) is 15.9 Å². The summed E-state index contributed by atoms with van der Waals surface area (Å²) in [4.78, 5) is 0. The highest BCUT2D eigenvalue weighted by atomic mass is 79.9. The van der Waals surface area contributed by atoms with Crippen LogP contribution in [0, 0.1) is 6.92 Å². The summed E-state index contributed by atoms with van der Waals surface area (Å²) in [5, 5.41) is 1.80. The lowest BCUT2D eigenvalue weighted by atomic mass is 10.2. The number of hydrogen-bond donors (Lipinski definition) is 0. The van der Waals surface area contributed by atoms with E-state index in [0.717, 1.165) is 21.2 Å². The molecule has 3 heteroatoms. The fourth-order valence-corrected chi connectivity index (χ4v) is 1.72. The minimum Gasteiger partial charge on any atom is -0.449 e. The van der Waals surface area contributed by atoms with Crippen LogP contribution in [0.3, 0.4) is 0 Å². The van der Waals surface area contributed by atoms with E-state index in [1.807, 2.05) is 25.1 Å². The summed E-state index contributed by atoms with van der Waals surface area (Å²) in [5.74, 6) is 0. The normalized spacial score (nSPS) is 10.9. The Kier molecular flexibility index (Phi) is 1.89. The Morgan fingerprint density at radius 3 is 2.92 bits per heavy atom. The summed E-state index contributed by atoms with van der Waals surface area (Å²) in [6, 6.07) is 5.63. The molecule has 62 valence electrons.